The molecule has 1 aromatic heterocycles. The van der Waals surface area contributed by atoms with E-state index in [4.69, 9.17) is 4.42 Å². The van der Waals surface area contributed by atoms with Crippen LogP contribution in [-0.4, -0.2) is 45.4 Å². The number of para-hydroxylation sites is 1. The molecule has 0 saturated carbocycles. The Kier molecular flexibility index (Phi) is 7.15. The van der Waals surface area contributed by atoms with Crippen LogP contribution in [0.5, 0.6) is 0 Å². The van der Waals surface area contributed by atoms with Gasteiger partial charge in [-0.3, -0.25) is 14.0 Å². The molecule has 8 heteroatoms. The van der Waals surface area contributed by atoms with Gasteiger partial charge in [0.05, 0.1) is 22.9 Å². The summed E-state index contributed by atoms with van der Waals surface area (Å²) in [5, 5.41) is 2.98. The molecule has 174 valence electrons. The minimum absolute atomic E-state index is 0.0184. The van der Waals surface area contributed by atoms with Gasteiger partial charge in [-0.1, -0.05) is 18.2 Å². The number of anilines is 1. The molecule has 33 heavy (non-hydrogen) atoms. The third-order valence-electron chi connectivity index (χ3n) is 5.94. The van der Waals surface area contributed by atoms with Crippen molar-refractivity contribution < 1.29 is 17.6 Å². The van der Waals surface area contributed by atoms with Crippen LogP contribution in [0.3, 0.4) is 0 Å². The van der Waals surface area contributed by atoms with Crippen LogP contribution in [-0.2, 0) is 10.0 Å². The number of hydrogen-bond donors (Lipinski definition) is 1. The van der Waals surface area contributed by atoms with Crippen molar-refractivity contribution in [3.8, 4) is 0 Å². The summed E-state index contributed by atoms with van der Waals surface area (Å²) in [6.45, 7) is 4.47. The van der Waals surface area contributed by atoms with Gasteiger partial charge in [0.2, 0.25) is 0 Å². The van der Waals surface area contributed by atoms with Crippen molar-refractivity contribution in [1.29, 1.82) is 0 Å². The fourth-order valence-corrected chi connectivity index (χ4v) is 5.70. The molecule has 3 aromatic rings. The number of amides is 1. The summed E-state index contributed by atoms with van der Waals surface area (Å²) in [6, 6.07) is 18.8. The number of furan rings is 1. The number of hydrogen-bond acceptors (Lipinski definition) is 5. The van der Waals surface area contributed by atoms with E-state index < -0.39 is 10.0 Å². The van der Waals surface area contributed by atoms with E-state index >= 15 is 0 Å². The zero-order chi connectivity index (χ0) is 23.3. The minimum atomic E-state index is -3.73. The molecule has 4 rings (SSSR count). The lowest BCUT2D eigenvalue weighted by atomic mass is 10.1. The van der Waals surface area contributed by atoms with Crippen molar-refractivity contribution in [2.45, 2.75) is 30.7 Å². The lowest BCUT2D eigenvalue weighted by molar-refractivity contribution is 0.0933. The smallest absolute Gasteiger partial charge is 0.264 e. The molecule has 0 bridgehead atoms. The second-order valence-electron chi connectivity index (χ2n) is 8.01. The molecule has 0 radical (unpaired) electrons. The predicted octanol–water partition coefficient (Wildman–Crippen LogP) is 4.06. The molecule has 1 aliphatic heterocycles. The monoisotopic (exact) mass is 467 g/mol. The number of nitrogens with zero attached hydrogens (tertiary/aromatic N) is 2. The van der Waals surface area contributed by atoms with Crippen LogP contribution in [0, 0.1) is 0 Å². The molecule has 1 saturated heterocycles. The van der Waals surface area contributed by atoms with E-state index in [1.54, 1.807) is 49.6 Å². The summed E-state index contributed by atoms with van der Waals surface area (Å²) in [5.41, 5.74) is 1.02. The summed E-state index contributed by atoms with van der Waals surface area (Å²) in [4.78, 5) is 15.3. The first-order valence-electron chi connectivity index (χ1n) is 11.2. The maximum Gasteiger partial charge on any atom is 0.264 e. The van der Waals surface area contributed by atoms with Gasteiger partial charge in [-0.25, -0.2) is 8.42 Å². The Morgan fingerprint density at radius 1 is 1.03 bits per heavy atom. The van der Waals surface area contributed by atoms with Crippen LogP contribution in [0.15, 0.2) is 82.3 Å². The van der Waals surface area contributed by atoms with Crippen LogP contribution in [0.25, 0.3) is 0 Å². The van der Waals surface area contributed by atoms with Gasteiger partial charge < -0.3 is 9.73 Å². The lowest BCUT2D eigenvalue weighted by Crippen LogP contribution is -2.36. The predicted molar refractivity (Wildman–Crippen MR) is 128 cm³/mol. The van der Waals surface area contributed by atoms with Gasteiger partial charge in [-0.2, -0.15) is 0 Å². The maximum atomic E-state index is 13.1. The molecular weight excluding hydrogens is 438 g/mol. The SMILES string of the molecule is CCN(c1ccccc1)S(=O)(=O)c1ccc(C(=O)NCC(c2ccco2)N2CCCC2)cc1. The fourth-order valence-electron chi connectivity index (χ4n) is 4.23. The summed E-state index contributed by atoms with van der Waals surface area (Å²) in [6.07, 6.45) is 3.92. The van der Waals surface area contributed by atoms with E-state index in [1.807, 2.05) is 18.2 Å². The Morgan fingerprint density at radius 3 is 2.33 bits per heavy atom. The van der Waals surface area contributed by atoms with Crippen LogP contribution < -0.4 is 9.62 Å². The van der Waals surface area contributed by atoms with Crippen molar-refractivity contribution in [1.82, 2.24) is 10.2 Å². The average Bonchev–Trinajstić information content (AvgIpc) is 3.55. The zero-order valence-corrected chi connectivity index (χ0v) is 19.5. The van der Waals surface area contributed by atoms with Crippen LogP contribution in [0.2, 0.25) is 0 Å². The van der Waals surface area contributed by atoms with Gasteiger partial charge in [-0.15, -0.1) is 0 Å². The van der Waals surface area contributed by atoms with Crippen molar-refractivity contribution in [3.05, 3.63) is 84.3 Å². The second kappa shape index (κ2) is 10.2. The van der Waals surface area contributed by atoms with E-state index in [2.05, 4.69) is 10.2 Å². The molecule has 2 heterocycles. The fraction of sp³-hybridized carbons (Fsp3) is 0.320. The molecule has 7 nitrogen and oxygen atoms in total. The number of carbonyl (C=O) groups excluding carboxylic acids is 1. The molecule has 1 fully saturated rings. The molecule has 1 unspecified atom stereocenters. The zero-order valence-electron chi connectivity index (χ0n) is 18.7. The highest BCUT2D eigenvalue weighted by Crippen LogP contribution is 2.26. The summed E-state index contributed by atoms with van der Waals surface area (Å²) in [7, 11) is -3.73. The Hall–Kier alpha value is -3.10. The summed E-state index contributed by atoms with van der Waals surface area (Å²) < 4.78 is 33.3. The highest BCUT2D eigenvalue weighted by Gasteiger charge is 2.27. The Morgan fingerprint density at radius 2 is 1.73 bits per heavy atom. The van der Waals surface area contributed by atoms with E-state index in [0.29, 0.717) is 24.3 Å². The van der Waals surface area contributed by atoms with Gasteiger partial charge in [0.15, 0.2) is 0 Å². The van der Waals surface area contributed by atoms with Crippen LogP contribution in [0.4, 0.5) is 5.69 Å². The van der Waals surface area contributed by atoms with E-state index in [-0.39, 0.29) is 16.8 Å². The molecule has 0 spiro atoms. The Bertz CT molecular complexity index is 1140. The highest BCUT2D eigenvalue weighted by atomic mass is 32.2. The van der Waals surface area contributed by atoms with Gasteiger partial charge in [0.1, 0.15) is 5.76 Å². The van der Waals surface area contributed by atoms with Gasteiger partial charge in [0, 0.05) is 18.7 Å². The standard InChI is InChI=1S/C25H29N3O4S/c1-2-28(21-9-4-3-5-10-21)33(30,31)22-14-12-20(13-15-22)25(29)26-19-23(24-11-8-18-32-24)27-16-6-7-17-27/h3-5,8-15,18,23H,2,6-7,16-17,19H2,1H3,(H,26,29). The normalized spacial score (nSPS) is 15.3. The van der Waals surface area contributed by atoms with Crippen LogP contribution in [0.1, 0.15) is 41.9 Å². The molecule has 1 aliphatic rings. The van der Waals surface area contributed by atoms with Crippen molar-refractivity contribution >= 4 is 21.6 Å². The minimum Gasteiger partial charge on any atom is -0.468 e. The van der Waals surface area contributed by atoms with Gasteiger partial charge in [-0.05, 0) is 81.4 Å². The Balaban J connectivity index is 1.45. The van der Waals surface area contributed by atoms with E-state index in [9.17, 15) is 13.2 Å². The number of rotatable bonds is 9. The number of likely N-dealkylation sites (tertiary alicyclic amines) is 1. The molecule has 1 atom stereocenters. The summed E-state index contributed by atoms with van der Waals surface area (Å²) in [5.74, 6) is 0.587. The van der Waals surface area contributed by atoms with Gasteiger partial charge >= 0.3 is 0 Å². The number of nitrogens with one attached hydrogen (secondary N) is 1. The molecule has 1 amide bonds. The van der Waals surface area contributed by atoms with E-state index in [0.717, 1.165) is 31.7 Å². The first-order valence-corrected chi connectivity index (χ1v) is 12.7. The van der Waals surface area contributed by atoms with Crippen LogP contribution >= 0.6 is 0 Å². The van der Waals surface area contributed by atoms with Crippen molar-refractivity contribution in [2.24, 2.45) is 0 Å². The van der Waals surface area contributed by atoms with Crippen molar-refractivity contribution in [2.75, 3.05) is 30.5 Å². The average molecular weight is 468 g/mol. The third-order valence-corrected chi connectivity index (χ3v) is 7.86. The highest BCUT2D eigenvalue weighted by molar-refractivity contribution is 7.92. The van der Waals surface area contributed by atoms with Gasteiger partial charge in [0.25, 0.3) is 15.9 Å². The maximum absolute atomic E-state index is 13.1. The largest absolute Gasteiger partial charge is 0.468 e. The quantitative estimate of drug-likeness (QED) is 0.513. The molecule has 2 aromatic carbocycles. The first kappa shape index (κ1) is 23.1. The summed E-state index contributed by atoms with van der Waals surface area (Å²) >= 11 is 0. The third kappa shape index (κ3) is 5.12. The van der Waals surface area contributed by atoms with Crippen molar-refractivity contribution in [3.63, 3.8) is 0 Å². The lowest BCUT2D eigenvalue weighted by Gasteiger charge is -2.26. The topological polar surface area (TPSA) is 82.9 Å². The van der Waals surface area contributed by atoms with E-state index in [1.165, 1.54) is 16.4 Å². The Labute approximate surface area is 195 Å². The second-order valence-corrected chi connectivity index (χ2v) is 9.88. The number of carbonyl (C=O) groups is 1. The molecule has 0 aliphatic carbocycles. The first-order chi connectivity index (χ1) is 16.0. The molecule has 1 N–H and O–H groups in total. The number of benzene rings is 2. The number of sulfonamides is 1. The molecular formula is C25H29N3O4S.